The number of nitrogens with one attached hydrogen (secondary N) is 1. The number of thioether (sulfide) groups is 1. The number of hydrogen-bond acceptors (Lipinski definition) is 2. The van der Waals surface area contributed by atoms with E-state index in [0.717, 1.165) is 16.7 Å². The lowest BCUT2D eigenvalue weighted by atomic mass is 10.00. The van der Waals surface area contributed by atoms with E-state index >= 15 is 0 Å². The van der Waals surface area contributed by atoms with E-state index in [1.165, 1.54) is 44.4 Å². The molecular formula is C12H23NS. The molecule has 0 aromatic heterocycles. The quantitative estimate of drug-likeness (QED) is 0.753. The van der Waals surface area contributed by atoms with Crippen molar-refractivity contribution in [2.75, 3.05) is 12.3 Å². The minimum absolute atomic E-state index is 0.724. The van der Waals surface area contributed by atoms with Crippen LogP contribution in [0.3, 0.4) is 0 Å². The molecule has 1 saturated heterocycles. The predicted molar refractivity (Wildman–Crippen MR) is 64.9 cm³/mol. The average molecular weight is 213 g/mol. The molecule has 0 aromatic carbocycles. The van der Waals surface area contributed by atoms with Gasteiger partial charge < -0.3 is 5.32 Å². The zero-order valence-corrected chi connectivity index (χ0v) is 10.3. The average Bonchev–Trinajstić information content (AvgIpc) is 2.81. The highest BCUT2D eigenvalue weighted by molar-refractivity contribution is 8.00. The summed E-state index contributed by atoms with van der Waals surface area (Å²) in [5, 5.41) is 4.64. The summed E-state index contributed by atoms with van der Waals surface area (Å²) in [6, 6.07) is 0.800. The van der Waals surface area contributed by atoms with Crippen LogP contribution in [0.1, 0.15) is 46.0 Å². The molecule has 0 amide bonds. The molecule has 1 aliphatic carbocycles. The van der Waals surface area contributed by atoms with Crippen LogP contribution in [0.15, 0.2) is 0 Å². The number of rotatable bonds is 5. The van der Waals surface area contributed by atoms with Crippen LogP contribution in [0.2, 0.25) is 0 Å². The molecule has 1 aliphatic heterocycles. The van der Waals surface area contributed by atoms with Crippen LogP contribution in [0.5, 0.6) is 0 Å². The van der Waals surface area contributed by atoms with E-state index in [4.69, 9.17) is 0 Å². The topological polar surface area (TPSA) is 12.0 Å². The predicted octanol–water partition coefficient (Wildman–Crippen LogP) is 3.05. The van der Waals surface area contributed by atoms with Crippen molar-refractivity contribution < 1.29 is 0 Å². The summed E-state index contributed by atoms with van der Waals surface area (Å²) in [4.78, 5) is 0. The largest absolute Gasteiger partial charge is 0.312 e. The van der Waals surface area contributed by atoms with Gasteiger partial charge in [0.1, 0.15) is 0 Å². The van der Waals surface area contributed by atoms with Crippen molar-refractivity contribution in [3.63, 3.8) is 0 Å². The maximum Gasteiger partial charge on any atom is 0.0191 e. The fourth-order valence-corrected chi connectivity index (χ4v) is 3.80. The highest BCUT2D eigenvalue weighted by atomic mass is 32.2. The van der Waals surface area contributed by atoms with Crippen LogP contribution in [-0.2, 0) is 0 Å². The molecule has 2 aliphatic rings. The van der Waals surface area contributed by atoms with Gasteiger partial charge in [0.25, 0.3) is 0 Å². The van der Waals surface area contributed by atoms with Gasteiger partial charge in [-0.15, -0.1) is 0 Å². The van der Waals surface area contributed by atoms with Crippen LogP contribution in [0.4, 0.5) is 0 Å². The van der Waals surface area contributed by atoms with E-state index < -0.39 is 0 Å². The van der Waals surface area contributed by atoms with Crippen LogP contribution in [0, 0.1) is 5.41 Å². The lowest BCUT2D eigenvalue weighted by molar-refractivity contribution is 0.384. The van der Waals surface area contributed by atoms with Crippen molar-refractivity contribution in [2.45, 2.75) is 57.2 Å². The Morgan fingerprint density at radius 3 is 2.71 bits per heavy atom. The molecule has 1 nitrogen and oxygen atoms in total. The summed E-state index contributed by atoms with van der Waals surface area (Å²) in [5.41, 5.74) is 0.724. The normalized spacial score (nSPS) is 34.7. The van der Waals surface area contributed by atoms with E-state index in [-0.39, 0.29) is 0 Å². The van der Waals surface area contributed by atoms with Gasteiger partial charge in [-0.1, -0.05) is 20.3 Å². The van der Waals surface area contributed by atoms with Crippen molar-refractivity contribution in [2.24, 2.45) is 5.41 Å². The smallest absolute Gasteiger partial charge is 0.0191 e. The third-order valence-corrected chi connectivity index (χ3v) is 5.18. The molecule has 0 aromatic rings. The molecule has 1 N–H and O–H groups in total. The highest BCUT2D eigenvalue weighted by Gasteiger charge is 2.41. The van der Waals surface area contributed by atoms with Crippen molar-refractivity contribution in [3.05, 3.63) is 0 Å². The molecule has 0 radical (unpaired) electrons. The van der Waals surface area contributed by atoms with E-state index in [1.54, 1.807) is 0 Å². The minimum Gasteiger partial charge on any atom is -0.312 e. The highest BCUT2D eigenvalue weighted by Crippen LogP contribution is 2.49. The molecule has 1 saturated carbocycles. The van der Waals surface area contributed by atoms with Crippen LogP contribution < -0.4 is 5.32 Å². The van der Waals surface area contributed by atoms with Gasteiger partial charge >= 0.3 is 0 Å². The van der Waals surface area contributed by atoms with Gasteiger partial charge in [-0.3, -0.25) is 0 Å². The number of hydrogen-bond donors (Lipinski definition) is 1. The Hall–Kier alpha value is 0.310. The van der Waals surface area contributed by atoms with Gasteiger partial charge in [0.05, 0.1) is 0 Å². The molecule has 2 atom stereocenters. The molecule has 2 unspecified atom stereocenters. The Morgan fingerprint density at radius 2 is 2.21 bits per heavy atom. The van der Waals surface area contributed by atoms with E-state index in [2.05, 4.69) is 30.9 Å². The molecule has 82 valence electrons. The summed E-state index contributed by atoms with van der Waals surface area (Å²) in [5.74, 6) is 1.36. The molecule has 0 bridgehead atoms. The lowest BCUT2D eigenvalue weighted by Gasteiger charge is -2.21. The van der Waals surface area contributed by atoms with E-state index in [1.807, 2.05) is 0 Å². The van der Waals surface area contributed by atoms with E-state index in [0.29, 0.717) is 0 Å². The molecule has 2 heteroatoms. The Kier molecular flexibility index (Phi) is 3.43. The summed E-state index contributed by atoms with van der Waals surface area (Å²) in [6.45, 7) is 5.97. The second kappa shape index (κ2) is 4.44. The molecular weight excluding hydrogens is 190 g/mol. The van der Waals surface area contributed by atoms with Crippen molar-refractivity contribution in [3.8, 4) is 0 Å². The van der Waals surface area contributed by atoms with Gasteiger partial charge in [-0.2, -0.15) is 11.8 Å². The van der Waals surface area contributed by atoms with Crippen molar-refractivity contribution in [1.82, 2.24) is 5.32 Å². The Bertz CT molecular complexity index is 189. The molecule has 0 spiro atoms. The monoisotopic (exact) mass is 213 g/mol. The third-order valence-electron chi connectivity index (χ3n) is 3.85. The minimum atomic E-state index is 0.724. The van der Waals surface area contributed by atoms with Gasteiger partial charge in [0.2, 0.25) is 0 Å². The lowest BCUT2D eigenvalue weighted by Crippen LogP contribution is -2.37. The third kappa shape index (κ3) is 2.46. The summed E-state index contributed by atoms with van der Waals surface area (Å²) >= 11 is 2.13. The maximum atomic E-state index is 3.80. The summed E-state index contributed by atoms with van der Waals surface area (Å²) in [6.07, 6.45) is 7.13. The van der Waals surface area contributed by atoms with Gasteiger partial charge in [0, 0.05) is 17.8 Å². The van der Waals surface area contributed by atoms with E-state index in [9.17, 15) is 0 Å². The van der Waals surface area contributed by atoms with Crippen LogP contribution in [-0.4, -0.2) is 23.6 Å². The second-order valence-corrected chi connectivity index (χ2v) is 6.59. The fourth-order valence-electron chi connectivity index (χ4n) is 2.57. The maximum absolute atomic E-state index is 3.80. The first-order chi connectivity index (χ1) is 6.76. The van der Waals surface area contributed by atoms with Crippen molar-refractivity contribution >= 4 is 11.8 Å². The SMILES string of the molecule is CCCC1(CNC2CCSC2C)CC1. The molecule has 1 heterocycles. The molecule has 2 rings (SSSR count). The first-order valence-electron chi connectivity index (χ1n) is 6.11. The summed E-state index contributed by atoms with van der Waals surface area (Å²) < 4.78 is 0. The zero-order chi connectivity index (χ0) is 10.0. The van der Waals surface area contributed by atoms with Crippen molar-refractivity contribution in [1.29, 1.82) is 0 Å². The van der Waals surface area contributed by atoms with Gasteiger partial charge in [-0.05, 0) is 36.9 Å². The first-order valence-corrected chi connectivity index (χ1v) is 7.16. The summed E-state index contributed by atoms with van der Waals surface area (Å²) in [7, 11) is 0. The second-order valence-electron chi connectivity index (χ2n) is 5.10. The van der Waals surface area contributed by atoms with Crippen LogP contribution in [0.25, 0.3) is 0 Å². The standard InChI is InChI=1S/C12H23NS/c1-3-5-12(6-7-12)9-13-11-4-8-14-10(11)2/h10-11,13H,3-9H2,1-2H3. The van der Waals surface area contributed by atoms with Gasteiger partial charge in [0.15, 0.2) is 0 Å². The Labute approximate surface area is 92.4 Å². The molecule has 2 fully saturated rings. The zero-order valence-electron chi connectivity index (χ0n) is 9.51. The Balaban J connectivity index is 1.71. The van der Waals surface area contributed by atoms with Crippen LogP contribution >= 0.6 is 11.8 Å². The fraction of sp³-hybridized carbons (Fsp3) is 1.00. The first kappa shape index (κ1) is 10.8. The van der Waals surface area contributed by atoms with Gasteiger partial charge in [-0.25, -0.2) is 0 Å². The molecule has 14 heavy (non-hydrogen) atoms. The Morgan fingerprint density at radius 1 is 1.43 bits per heavy atom.